The molecule has 0 saturated carbocycles. The maximum atomic E-state index is 12.7. The summed E-state index contributed by atoms with van der Waals surface area (Å²) in [5.41, 5.74) is -3.91. The molecule has 1 aliphatic rings. The monoisotopic (exact) mass is 345 g/mol. The molecule has 0 atom stereocenters. The van der Waals surface area contributed by atoms with E-state index in [1.807, 2.05) is 0 Å². The minimum absolute atomic E-state index is 0. The van der Waals surface area contributed by atoms with Crippen molar-refractivity contribution in [3.63, 3.8) is 0 Å². The zero-order valence-corrected chi connectivity index (χ0v) is 12.8. The molecule has 1 heterocycles. The van der Waals surface area contributed by atoms with Crippen LogP contribution in [0.1, 0.15) is 11.1 Å². The Balaban J connectivity index is 0.00000220. The van der Waals surface area contributed by atoms with Crippen molar-refractivity contribution in [3.05, 3.63) is 23.3 Å². The fourth-order valence-electron chi connectivity index (χ4n) is 2.17. The highest BCUT2D eigenvalue weighted by Gasteiger charge is 2.48. The molecule has 0 saturated heterocycles. The molecule has 2 rings (SSSR count). The van der Waals surface area contributed by atoms with Crippen LogP contribution in [-0.4, -0.2) is 34.1 Å². The molecule has 9 heteroatoms. The molecule has 0 amide bonds. The van der Waals surface area contributed by atoms with Gasteiger partial charge in [-0.15, -0.1) is 12.4 Å². The molecular weight excluding hydrogens is 331 g/mol. The third-order valence-electron chi connectivity index (χ3n) is 3.22. The van der Waals surface area contributed by atoms with Gasteiger partial charge in [-0.2, -0.15) is 13.2 Å². The van der Waals surface area contributed by atoms with Gasteiger partial charge >= 0.3 is 5.51 Å². The van der Waals surface area contributed by atoms with Crippen LogP contribution in [0.2, 0.25) is 0 Å². The average molecular weight is 346 g/mol. The normalized spacial score (nSPS) is 15.6. The lowest BCUT2D eigenvalue weighted by atomic mass is 10.0. The average Bonchev–Trinajstić information content (AvgIpc) is 2.60. The van der Waals surface area contributed by atoms with Crippen molar-refractivity contribution >= 4 is 22.2 Å². The lowest BCUT2D eigenvalue weighted by Gasteiger charge is -2.15. The van der Waals surface area contributed by atoms with Crippen LogP contribution >= 0.6 is 12.4 Å². The largest absolute Gasteiger partial charge is 0.502 e. The van der Waals surface area contributed by atoms with Gasteiger partial charge < -0.3 is 10.1 Å². The highest BCUT2D eigenvalue weighted by Crippen LogP contribution is 2.37. The second kappa shape index (κ2) is 6.41. The standard InChI is InChI=1S/C12H14F3NO3S.ClH/c1-19-10-6-8-2-4-16-5-3-9(8)7-11(10)20(17,18)12(13,14)15;/h6-7,16H,2-5H2,1H3;1H. The summed E-state index contributed by atoms with van der Waals surface area (Å²) in [5.74, 6) is -0.261. The third kappa shape index (κ3) is 3.44. The first kappa shape index (κ1) is 18.1. The van der Waals surface area contributed by atoms with Crippen molar-refractivity contribution in [1.82, 2.24) is 5.32 Å². The number of hydrogen-bond acceptors (Lipinski definition) is 4. The Morgan fingerprint density at radius 2 is 1.67 bits per heavy atom. The summed E-state index contributed by atoms with van der Waals surface area (Å²) in [5, 5.41) is 3.11. The van der Waals surface area contributed by atoms with Crippen molar-refractivity contribution < 1.29 is 26.3 Å². The molecule has 0 aliphatic carbocycles. The minimum Gasteiger partial charge on any atom is -0.495 e. The highest BCUT2D eigenvalue weighted by molar-refractivity contribution is 7.92. The molecule has 0 bridgehead atoms. The summed E-state index contributed by atoms with van der Waals surface area (Å²) in [6.45, 7) is 1.30. The van der Waals surface area contributed by atoms with E-state index in [2.05, 4.69) is 5.32 Å². The number of methoxy groups -OCH3 is 1. The van der Waals surface area contributed by atoms with Crippen LogP contribution in [0.25, 0.3) is 0 Å². The fraction of sp³-hybridized carbons (Fsp3) is 0.500. The molecule has 1 aromatic carbocycles. The second-order valence-electron chi connectivity index (χ2n) is 4.47. The van der Waals surface area contributed by atoms with Gasteiger partial charge in [0.15, 0.2) is 0 Å². The van der Waals surface area contributed by atoms with Gasteiger partial charge in [-0.3, -0.25) is 0 Å². The Labute approximate surface area is 127 Å². The molecule has 4 nitrogen and oxygen atoms in total. The van der Waals surface area contributed by atoms with Crippen LogP contribution in [0.15, 0.2) is 17.0 Å². The van der Waals surface area contributed by atoms with Crippen molar-refractivity contribution in [3.8, 4) is 5.75 Å². The first-order valence-electron chi connectivity index (χ1n) is 5.99. The van der Waals surface area contributed by atoms with Gasteiger partial charge in [0.2, 0.25) is 0 Å². The number of ether oxygens (including phenoxy) is 1. The van der Waals surface area contributed by atoms with Crippen LogP contribution in [0, 0.1) is 0 Å². The van der Waals surface area contributed by atoms with Gasteiger partial charge in [0.05, 0.1) is 7.11 Å². The number of alkyl halides is 3. The van der Waals surface area contributed by atoms with Gasteiger partial charge in [0.25, 0.3) is 9.84 Å². The van der Waals surface area contributed by atoms with Crippen LogP contribution in [0.4, 0.5) is 13.2 Å². The predicted molar refractivity (Wildman–Crippen MR) is 73.8 cm³/mol. The number of benzene rings is 1. The molecule has 0 unspecified atom stereocenters. The van der Waals surface area contributed by atoms with Crippen molar-refractivity contribution in [2.45, 2.75) is 23.2 Å². The van der Waals surface area contributed by atoms with Crippen LogP contribution < -0.4 is 10.1 Å². The smallest absolute Gasteiger partial charge is 0.495 e. The van der Waals surface area contributed by atoms with Crippen LogP contribution in [0.3, 0.4) is 0 Å². The summed E-state index contributed by atoms with van der Waals surface area (Å²) < 4.78 is 66.1. The molecule has 0 radical (unpaired) electrons. The molecule has 1 aromatic rings. The minimum atomic E-state index is -5.41. The lowest BCUT2D eigenvalue weighted by molar-refractivity contribution is -0.0437. The van der Waals surface area contributed by atoms with E-state index < -0.39 is 20.2 Å². The van der Waals surface area contributed by atoms with Gasteiger partial charge in [-0.25, -0.2) is 8.42 Å². The predicted octanol–water partition coefficient (Wildman–Crippen LogP) is 2.10. The maximum Gasteiger partial charge on any atom is 0.502 e. The summed E-state index contributed by atoms with van der Waals surface area (Å²) in [4.78, 5) is -0.812. The topological polar surface area (TPSA) is 55.4 Å². The Morgan fingerprint density at radius 1 is 1.14 bits per heavy atom. The number of fused-ring (bicyclic) bond motifs is 1. The number of hydrogen-bond donors (Lipinski definition) is 1. The van der Waals surface area contributed by atoms with E-state index in [0.717, 1.165) is 18.7 Å². The molecule has 0 aromatic heterocycles. The van der Waals surface area contributed by atoms with Crippen molar-refractivity contribution in [1.29, 1.82) is 0 Å². The molecule has 1 N–H and O–H groups in total. The Morgan fingerprint density at radius 3 is 2.14 bits per heavy atom. The Bertz CT molecular complexity index is 617. The van der Waals surface area contributed by atoms with E-state index in [0.29, 0.717) is 31.5 Å². The Kier molecular flexibility index (Phi) is 5.51. The molecule has 0 spiro atoms. The number of halogens is 4. The summed E-state index contributed by atoms with van der Waals surface area (Å²) in [6.07, 6.45) is 1.11. The number of rotatable bonds is 2. The zero-order chi connectivity index (χ0) is 15.0. The first-order valence-corrected chi connectivity index (χ1v) is 7.47. The van der Waals surface area contributed by atoms with Crippen molar-refractivity contribution in [2.75, 3.05) is 20.2 Å². The summed E-state index contributed by atoms with van der Waals surface area (Å²) >= 11 is 0. The van der Waals surface area contributed by atoms with Gasteiger partial charge in [0.1, 0.15) is 10.6 Å². The zero-order valence-electron chi connectivity index (χ0n) is 11.2. The van der Waals surface area contributed by atoms with E-state index in [9.17, 15) is 21.6 Å². The SMILES string of the molecule is COc1cc2c(cc1S(=O)(=O)C(F)(F)F)CCNCC2.Cl. The molecule has 0 fully saturated rings. The molecular formula is C12H15ClF3NO3S. The van der Waals surface area contributed by atoms with Crippen LogP contribution in [-0.2, 0) is 22.7 Å². The number of sulfone groups is 1. The molecule has 21 heavy (non-hydrogen) atoms. The van der Waals surface area contributed by atoms with E-state index in [1.54, 1.807) is 0 Å². The summed E-state index contributed by atoms with van der Waals surface area (Å²) in [7, 11) is -4.25. The summed E-state index contributed by atoms with van der Waals surface area (Å²) in [6, 6.07) is 2.48. The van der Waals surface area contributed by atoms with E-state index in [1.165, 1.54) is 6.07 Å². The highest BCUT2D eigenvalue weighted by atomic mass is 35.5. The Hall–Kier alpha value is -0.990. The van der Waals surface area contributed by atoms with Crippen LogP contribution in [0.5, 0.6) is 5.75 Å². The van der Waals surface area contributed by atoms with Gasteiger partial charge in [-0.05, 0) is 49.2 Å². The first-order chi connectivity index (χ1) is 9.27. The lowest BCUT2D eigenvalue weighted by Crippen LogP contribution is -2.24. The van der Waals surface area contributed by atoms with E-state index in [4.69, 9.17) is 4.74 Å². The fourth-order valence-corrected chi connectivity index (χ4v) is 3.13. The maximum absolute atomic E-state index is 12.7. The quantitative estimate of drug-likeness (QED) is 0.892. The second-order valence-corrected chi connectivity index (χ2v) is 6.38. The number of nitrogens with one attached hydrogen (secondary N) is 1. The van der Waals surface area contributed by atoms with E-state index >= 15 is 0 Å². The molecule has 120 valence electrons. The van der Waals surface area contributed by atoms with Crippen molar-refractivity contribution in [2.24, 2.45) is 0 Å². The van der Waals surface area contributed by atoms with Gasteiger partial charge in [0, 0.05) is 0 Å². The van der Waals surface area contributed by atoms with E-state index in [-0.39, 0.29) is 18.2 Å². The molecule has 1 aliphatic heterocycles. The third-order valence-corrected chi connectivity index (χ3v) is 4.73. The van der Waals surface area contributed by atoms with Gasteiger partial charge in [-0.1, -0.05) is 0 Å².